The number of sulfone groups is 1. The van der Waals surface area contributed by atoms with Crippen LogP contribution in [0.25, 0.3) is 0 Å². The van der Waals surface area contributed by atoms with Gasteiger partial charge in [0.1, 0.15) is 4.90 Å². The number of hydrogen-bond acceptors (Lipinski definition) is 5. The number of rotatable bonds is 5. The molecule has 0 unspecified atom stereocenters. The number of nitriles is 1. The Morgan fingerprint density at radius 2 is 1.86 bits per heavy atom. The second-order valence-corrected chi connectivity index (χ2v) is 9.91. The van der Waals surface area contributed by atoms with E-state index in [-0.39, 0.29) is 22.0 Å². The Balaban J connectivity index is 3.07. The Labute approximate surface area is 129 Å². The quantitative estimate of drug-likeness (QED) is 0.862. The highest BCUT2D eigenvalue weighted by Gasteiger charge is 2.32. The SMILES string of the molecule is CC(C)(CNS(=O)(=O)c1ccc(C#N)cc1Cl)S(C)(=O)=O. The molecule has 1 rings (SSSR count). The average molecular weight is 351 g/mol. The van der Waals surface area contributed by atoms with Gasteiger partial charge in [0, 0.05) is 12.8 Å². The summed E-state index contributed by atoms with van der Waals surface area (Å²) in [5.41, 5.74) is 0.232. The lowest BCUT2D eigenvalue weighted by atomic mass is 10.2. The average Bonchev–Trinajstić information content (AvgIpc) is 2.34. The second kappa shape index (κ2) is 5.93. The van der Waals surface area contributed by atoms with Crippen molar-refractivity contribution in [1.82, 2.24) is 4.72 Å². The van der Waals surface area contributed by atoms with Crippen LogP contribution in [-0.4, -0.2) is 34.4 Å². The highest BCUT2D eigenvalue weighted by molar-refractivity contribution is 7.92. The molecule has 0 aromatic heterocycles. The van der Waals surface area contributed by atoms with Gasteiger partial charge in [-0.2, -0.15) is 5.26 Å². The Kier molecular flexibility index (Phi) is 5.05. The van der Waals surface area contributed by atoms with Gasteiger partial charge in [-0.15, -0.1) is 0 Å². The molecule has 9 heteroatoms. The van der Waals surface area contributed by atoms with E-state index in [2.05, 4.69) is 4.72 Å². The van der Waals surface area contributed by atoms with E-state index in [9.17, 15) is 16.8 Å². The predicted molar refractivity (Wildman–Crippen MR) is 80.3 cm³/mol. The van der Waals surface area contributed by atoms with Crippen molar-refractivity contribution in [3.8, 4) is 6.07 Å². The number of nitrogens with zero attached hydrogens (tertiary/aromatic N) is 1. The van der Waals surface area contributed by atoms with Crippen LogP contribution < -0.4 is 4.72 Å². The molecule has 0 bridgehead atoms. The molecule has 6 nitrogen and oxygen atoms in total. The highest BCUT2D eigenvalue weighted by Crippen LogP contribution is 2.23. The third-order valence-electron chi connectivity index (χ3n) is 3.04. The number of halogens is 1. The van der Waals surface area contributed by atoms with Gasteiger partial charge in [-0.3, -0.25) is 0 Å². The zero-order valence-electron chi connectivity index (χ0n) is 11.7. The molecule has 21 heavy (non-hydrogen) atoms. The summed E-state index contributed by atoms with van der Waals surface area (Å²) in [5.74, 6) is 0. The van der Waals surface area contributed by atoms with Gasteiger partial charge in [-0.05, 0) is 32.0 Å². The second-order valence-electron chi connectivity index (χ2n) is 5.11. The van der Waals surface area contributed by atoms with Crippen LogP contribution >= 0.6 is 11.6 Å². The summed E-state index contributed by atoms with van der Waals surface area (Å²) in [6.45, 7) is 2.56. The van der Waals surface area contributed by atoms with Crippen LogP contribution in [0, 0.1) is 11.3 Å². The van der Waals surface area contributed by atoms with Gasteiger partial charge in [-0.1, -0.05) is 11.6 Å². The van der Waals surface area contributed by atoms with E-state index in [0.29, 0.717) is 0 Å². The van der Waals surface area contributed by atoms with Crippen LogP contribution in [0.3, 0.4) is 0 Å². The molecule has 0 fully saturated rings. The van der Waals surface area contributed by atoms with E-state index < -0.39 is 24.6 Å². The lowest BCUT2D eigenvalue weighted by Gasteiger charge is -2.22. The first-order chi connectivity index (χ1) is 9.40. The number of sulfonamides is 1. The van der Waals surface area contributed by atoms with E-state index in [1.165, 1.54) is 32.0 Å². The zero-order valence-corrected chi connectivity index (χ0v) is 14.1. The Bertz CT molecular complexity index is 793. The molecule has 0 saturated heterocycles. The summed E-state index contributed by atoms with van der Waals surface area (Å²) >= 11 is 5.84. The van der Waals surface area contributed by atoms with E-state index in [1.54, 1.807) is 0 Å². The molecule has 1 aromatic carbocycles. The van der Waals surface area contributed by atoms with Crippen molar-refractivity contribution in [2.75, 3.05) is 12.8 Å². The first kappa shape index (κ1) is 17.9. The Hall–Kier alpha value is -1.14. The largest absolute Gasteiger partial charge is 0.242 e. The molecular formula is C12H15ClN2O4S2. The van der Waals surface area contributed by atoms with Gasteiger partial charge in [-0.25, -0.2) is 21.6 Å². The van der Waals surface area contributed by atoms with Crippen LogP contribution in [0.2, 0.25) is 5.02 Å². The molecule has 116 valence electrons. The molecule has 1 aromatic rings. The smallest absolute Gasteiger partial charge is 0.229 e. The van der Waals surface area contributed by atoms with Crippen molar-refractivity contribution in [2.24, 2.45) is 0 Å². The summed E-state index contributed by atoms with van der Waals surface area (Å²) in [6, 6.07) is 5.60. The lowest BCUT2D eigenvalue weighted by Crippen LogP contribution is -2.43. The molecular weight excluding hydrogens is 336 g/mol. The van der Waals surface area contributed by atoms with Gasteiger partial charge in [0.2, 0.25) is 10.0 Å². The predicted octanol–water partition coefficient (Wildman–Crippen LogP) is 1.31. The summed E-state index contributed by atoms with van der Waals surface area (Å²) in [7, 11) is -7.40. The normalized spacial score (nSPS) is 12.9. The van der Waals surface area contributed by atoms with Crippen molar-refractivity contribution in [3.05, 3.63) is 28.8 Å². The van der Waals surface area contributed by atoms with Gasteiger partial charge in [0.05, 0.1) is 21.4 Å². The van der Waals surface area contributed by atoms with Crippen molar-refractivity contribution >= 4 is 31.5 Å². The summed E-state index contributed by atoms with van der Waals surface area (Å²) in [4.78, 5) is -0.201. The van der Waals surface area contributed by atoms with E-state index in [0.717, 1.165) is 6.26 Å². The first-order valence-corrected chi connectivity index (χ1v) is 9.55. The minimum Gasteiger partial charge on any atom is -0.229 e. The van der Waals surface area contributed by atoms with Crippen LogP contribution in [0.4, 0.5) is 0 Å². The topological polar surface area (TPSA) is 104 Å². The lowest BCUT2D eigenvalue weighted by molar-refractivity contribution is 0.537. The number of hydrogen-bond donors (Lipinski definition) is 1. The molecule has 0 aliphatic rings. The summed E-state index contributed by atoms with van der Waals surface area (Å²) in [6.07, 6.45) is 1.04. The summed E-state index contributed by atoms with van der Waals surface area (Å²) < 4.78 is 48.4. The van der Waals surface area contributed by atoms with Gasteiger partial charge in [0.15, 0.2) is 9.84 Å². The summed E-state index contributed by atoms with van der Waals surface area (Å²) in [5, 5.41) is 8.62. The van der Waals surface area contributed by atoms with E-state index >= 15 is 0 Å². The Morgan fingerprint density at radius 3 is 2.29 bits per heavy atom. The van der Waals surface area contributed by atoms with Crippen LogP contribution in [0.15, 0.2) is 23.1 Å². The number of nitrogens with one attached hydrogen (secondary N) is 1. The van der Waals surface area contributed by atoms with Crippen molar-refractivity contribution < 1.29 is 16.8 Å². The van der Waals surface area contributed by atoms with Gasteiger partial charge >= 0.3 is 0 Å². The third-order valence-corrected chi connectivity index (χ3v) is 7.08. The maximum Gasteiger partial charge on any atom is 0.242 e. The fourth-order valence-corrected chi connectivity index (χ4v) is 3.45. The molecule has 0 atom stereocenters. The fourth-order valence-electron chi connectivity index (χ4n) is 1.27. The third kappa shape index (κ3) is 4.17. The van der Waals surface area contributed by atoms with E-state index in [1.807, 2.05) is 6.07 Å². The van der Waals surface area contributed by atoms with Crippen molar-refractivity contribution in [1.29, 1.82) is 5.26 Å². The minimum absolute atomic E-state index is 0.0984. The number of benzene rings is 1. The van der Waals surface area contributed by atoms with Crippen molar-refractivity contribution in [2.45, 2.75) is 23.5 Å². The Morgan fingerprint density at radius 1 is 1.29 bits per heavy atom. The fraction of sp³-hybridized carbons (Fsp3) is 0.417. The van der Waals surface area contributed by atoms with Crippen LogP contribution in [0.1, 0.15) is 19.4 Å². The molecule has 0 heterocycles. The monoisotopic (exact) mass is 350 g/mol. The molecule has 0 aliphatic carbocycles. The van der Waals surface area contributed by atoms with Crippen LogP contribution in [-0.2, 0) is 19.9 Å². The maximum absolute atomic E-state index is 12.2. The molecule has 0 spiro atoms. The molecule has 1 N–H and O–H groups in total. The molecule has 0 amide bonds. The van der Waals surface area contributed by atoms with Gasteiger partial charge in [0.25, 0.3) is 0 Å². The molecule has 0 aliphatic heterocycles. The standard InChI is InChI=1S/C12H15ClN2O4S2/c1-12(2,20(3,16)17)8-15-21(18,19)11-5-4-9(7-14)6-10(11)13/h4-6,15H,8H2,1-3H3. The minimum atomic E-state index is -3.97. The first-order valence-electron chi connectivity index (χ1n) is 5.80. The maximum atomic E-state index is 12.2. The van der Waals surface area contributed by atoms with Gasteiger partial charge < -0.3 is 0 Å². The van der Waals surface area contributed by atoms with Crippen molar-refractivity contribution in [3.63, 3.8) is 0 Å². The molecule has 0 saturated carbocycles. The zero-order chi connectivity index (χ0) is 16.5. The van der Waals surface area contributed by atoms with Crippen LogP contribution in [0.5, 0.6) is 0 Å². The molecule has 0 radical (unpaired) electrons. The highest BCUT2D eigenvalue weighted by atomic mass is 35.5. The van der Waals surface area contributed by atoms with E-state index in [4.69, 9.17) is 16.9 Å².